The van der Waals surface area contributed by atoms with E-state index in [9.17, 15) is 9.59 Å². The van der Waals surface area contributed by atoms with Gasteiger partial charge in [0.15, 0.2) is 5.66 Å². The standard InChI is InChI=1S/C25H35N5O2/c1-6-7-12-25(28-29-25)13-10-22(31)30(19(5)15-20-8-9-20)23(24(32)27-17(2)3)21-11-14-26-16-18(21)4/h1,11,14,16-17,19-20,23H,7-10,12-13,15H2,2-5H3,(H,27,32). The van der Waals surface area contributed by atoms with E-state index in [4.69, 9.17) is 6.42 Å². The molecule has 1 aliphatic carbocycles. The maximum Gasteiger partial charge on any atom is 0.247 e. The first kappa shape index (κ1) is 23.9. The van der Waals surface area contributed by atoms with Crippen molar-refractivity contribution in [2.75, 3.05) is 0 Å². The van der Waals surface area contributed by atoms with Gasteiger partial charge in [-0.05, 0) is 57.2 Å². The Morgan fingerprint density at radius 1 is 1.28 bits per heavy atom. The van der Waals surface area contributed by atoms with Gasteiger partial charge in [0.1, 0.15) is 6.04 Å². The number of hydrogen-bond acceptors (Lipinski definition) is 5. The number of pyridine rings is 1. The number of nitrogens with one attached hydrogen (secondary N) is 1. The van der Waals surface area contributed by atoms with Crippen molar-refractivity contribution in [3.05, 3.63) is 29.6 Å². The highest BCUT2D eigenvalue weighted by Crippen LogP contribution is 2.40. The summed E-state index contributed by atoms with van der Waals surface area (Å²) in [4.78, 5) is 33.1. The first-order chi connectivity index (χ1) is 15.3. The molecule has 1 fully saturated rings. The maximum atomic E-state index is 13.7. The van der Waals surface area contributed by atoms with E-state index in [1.54, 1.807) is 17.3 Å². The summed E-state index contributed by atoms with van der Waals surface area (Å²) in [6.45, 7) is 7.85. The third-order valence-electron chi connectivity index (χ3n) is 6.24. The lowest BCUT2D eigenvalue weighted by Gasteiger charge is -2.37. The zero-order valence-electron chi connectivity index (χ0n) is 19.7. The lowest BCUT2D eigenvalue weighted by atomic mass is 9.96. The molecule has 172 valence electrons. The average molecular weight is 438 g/mol. The molecule has 2 unspecified atom stereocenters. The molecule has 7 nitrogen and oxygen atoms in total. The number of nitrogens with zero attached hydrogens (tertiary/aromatic N) is 4. The Hall–Kier alpha value is -2.75. The molecule has 1 aromatic rings. The molecule has 0 aromatic carbocycles. The van der Waals surface area contributed by atoms with Crippen molar-refractivity contribution >= 4 is 11.8 Å². The van der Waals surface area contributed by atoms with Gasteiger partial charge >= 0.3 is 0 Å². The van der Waals surface area contributed by atoms with E-state index in [0.29, 0.717) is 25.2 Å². The normalized spacial score (nSPS) is 18.0. The Morgan fingerprint density at radius 2 is 2.00 bits per heavy atom. The van der Waals surface area contributed by atoms with Gasteiger partial charge in [-0.3, -0.25) is 14.6 Å². The number of terminal acetylenes is 1. The monoisotopic (exact) mass is 437 g/mol. The van der Waals surface area contributed by atoms with Crippen LogP contribution in [0.4, 0.5) is 0 Å². The fourth-order valence-corrected chi connectivity index (χ4v) is 4.27. The van der Waals surface area contributed by atoms with Crippen LogP contribution in [0.25, 0.3) is 0 Å². The van der Waals surface area contributed by atoms with Gasteiger partial charge < -0.3 is 10.2 Å². The molecule has 0 spiro atoms. The molecule has 2 aliphatic rings. The molecule has 2 heterocycles. The molecule has 32 heavy (non-hydrogen) atoms. The first-order valence-corrected chi connectivity index (χ1v) is 11.7. The number of amides is 2. The van der Waals surface area contributed by atoms with Gasteiger partial charge in [0, 0.05) is 50.2 Å². The van der Waals surface area contributed by atoms with E-state index in [1.807, 2.05) is 26.8 Å². The van der Waals surface area contributed by atoms with Crippen molar-refractivity contribution in [3.8, 4) is 12.3 Å². The van der Waals surface area contributed by atoms with Crippen LogP contribution in [0.3, 0.4) is 0 Å². The molecule has 0 radical (unpaired) electrons. The number of aryl methyl sites for hydroxylation is 1. The molecule has 2 amide bonds. The van der Waals surface area contributed by atoms with E-state index in [-0.39, 0.29) is 30.3 Å². The second kappa shape index (κ2) is 10.2. The molecule has 3 rings (SSSR count). The second-order valence-electron chi connectivity index (χ2n) is 9.51. The lowest BCUT2D eigenvalue weighted by molar-refractivity contribution is -0.144. The third kappa shape index (κ3) is 6.15. The SMILES string of the molecule is C#CCCC1(CCC(=O)N(C(C)CC2CC2)C(C(=O)NC(C)C)c2ccncc2C)N=N1. The van der Waals surface area contributed by atoms with Crippen molar-refractivity contribution in [1.82, 2.24) is 15.2 Å². The smallest absolute Gasteiger partial charge is 0.247 e. The Bertz CT molecular complexity index is 894. The number of carbonyl (C=O) groups excluding carboxylic acids is 2. The van der Waals surface area contributed by atoms with Crippen molar-refractivity contribution < 1.29 is 9.59 Å². The molecule has 7 heteroatoms. The Kier molecular flexibility index (Phi) is 7.65. The summed E-state index contributed by atoms with van der Waals surface area (Å²) in [5.74, 6) is 3.05. The fraction of sp³-hybridized carbons (Fsp3) is 0.640. The Morgan fingerprint density at radius 3 is 2.56 bits per heavy atom. The number of hydrogen-bond donors (Lipinski definition) is 1. The number of rotatable bonds is 12. The summed E-state index contributed by atoms with van der Waals surface area (Å²) in [7, 11) is 0. The second-order valence-corrected chi connectivity index (χ2v) is 9.51. The highest BCUT2D eigenvalue weighted by molar-refractivity contribution is 5.89. The molecule has 1 N–H and O–H groups in total. The van der Waals surface area contributed by atoms with Crippen molar-refractivity contribution in [3.63, 3.8) is 0 Å². The summed E-state index contributed by atoms with van der Waals surface area (Å²) in [6, 6.07) is 1.07. The van der Waals surface area contributed by atoms with Crippen LogP contribution in [-0.2, 0) is 9.59 Å². The van der Waals surface area contributed by atoms with Crippen LogP contribution in [0.15, 0.2) is 28.7 Å². The summed E-state index contributed by atoms with van der Waals surface area (Å²) >= 11 is 0. The van der Waals surface area contributed by atoms with Gasteiger partial charge in [-0.1, -0.05) is 12.8 Å². The van der Waals surface area contributed by atoms with Gasteiger partial charge in [-0.25, -0.2) is 0 Å². The van der Waals surface area contributed by atoms with Gasteiger partial charge in [0.25, 0.3) is 0 Å². The number of aromatic nitrogens is 1. The molecule has 0 saturated heterocycles. The minimum absolute atomic E-state index is 0.0288. The quantitative estimate of drug-likeness (QED) is 0.494. The van der Waals surface area contributed by atoms with Crippen molar-refractivity contribution in [2.24, 2.45) is 16.1 Å². The van der Waals surface area contributed by atoms with Gasteiger partial charge in [-0.15, -0.1) is 12.3 Å². The lowest BCUT2D eigenvalue weighted by Crippen LogP contribution is -2.49. The molecule has 1 aromatic heterocycles. The predicted octanol–water partition coefficient (Wildman–Crippen LogP) is 4.33. The fourth-order valence-electron chi connectivity index (χ4n) is 4.27. The van der Waals surface area contributed by atoms with Crippen LogP contribution in [0.5, 0.6) is 0 Å². The summed E-state index contributed by atoms with van der Waals surface area (Å²) in [5, 5.41) is 11.4. The predicted molar refractivity (Wildman–Crippen MR) is 124 cm³/mol. The van der Waals surface area contributed by atoms with Crippen LogP contribution in [-0.4, -0.2) is 39.4 Å². The largest absolute Gasteiger partial charge is 0.352 e. The van der Waals surface area contributed by atoms with E-state index in [2.05, 4.69) is 33.4 Å². The molecule has 1 saturated carbocycles. The maximum absolute atomic E-state index is 13.7. The minimum Gasteiger partial charge on any atom is -0.352 e. The highest BCUT2D eigenvalue weighted by Gasteiger charge is 2.42. The summed E-state index contributed by atoms with van der Waals surface area (Å²) < 4.78 is 0. The minimum atomic E-state index is -0.698. The van der Waals surface area contributed by atoms with Crippen molar-refractivity contribution in [1.29, 1.82) is 0 Å². The van der Waals surface area contributed by atoms with E-state index >= 15 is 0 Å². The molecule has 0 bridgehead atoms. The number of carbonyl (C=O) groups is 2. The van der Waals surface area contributed by atoms with Gasteiger partial charge in [0.2, 0.25) is 11.8 Å². The molecule has 2 atom stereocenters. The summed E-state index contributed by atoms with van der Waals surface area (Å²) in [6.07, 6.45) is 14.2. The zero-order valence-corrected chi connectivity index (χ0v) is 19.7. The van der Waals surface area contributed by atoms with Gasteiger partial charge in [0.05, 0.1) is 0 Å². The van der Waals surface area contributed by atoms with Crippen molar-refractivity contribution in [2.45, 2.75) is 96.4 Å². The van der Waals surface area contributed by atoms with Crippen LogP contribution < -0.4 is 5.32 Å². The van der Waals surface area contributed by atoms with Crippen LogP contribution in [0.2, 0.25) is 0 Å². The zero-order chi connectivity index (χ0) is 23.3. The van der Waals surface area contributed by atoms with Crippen LogP contribution in [0.1, 0.15) is 82.9 Å². The molecular weight excluding hydrogens is 402 g/mol. The average Bonchev–Trinajstić information content (AvgIpc) is 3.66. The Balaban J connectivity index is 1.87. The third-order valence-corrected chi connectivity index (χ3v) is 6.24. The topological polar surface area (TPSA) is 87.0 Å². The Labute approximate surface area is 191 Å². The molecular formula is C25H35N5O2. The van der Waals surface area contributed by atoms with E-state index < -0.39 is 11.7 Å². The molecule has 1 aliphatic heterocycles. The highest BCUT2D eigenvalue weighted by atomic mass is 16.2. The van der Waals surface area contributed by atoms with Crippen LogP contribution in [0, 0.1) is 25.2 Å². The summed E-state index contributed by atoms with van der Waals surface area (Å²) in [5.41, 5.74) is 1.19. The van der Waals surface area contributed by atoms with Crippen LogP contribution >= 0.6 is 0 Å². The van der Waals surface area contributed by atoms with E-state index in [1.165, 1.54) is 12.8 Å². The van der Waals surface area contributed by atoms with Gasteiger partial charge in [-0.2, -0.15) is 10.2 Å². The first-order valence-electron chi connectivity index (χ1n) is 11.7. The van der Waals surface area contributed by atoms with E-state index in [0.717, 1.165) is 17.5 Å².